The van der Waals surface area contributed by atoms with Crippen molar-refractivity contribution in [3.63, 3.8) is 0 Å². The van der Waals surface area contributed by atoms with Crippen LogP contribution in [0.15, 0.2) is 16.8 Å². The van der Waals surface area contributed by atoms with Gasteiger partial charge in [-0.05, 0) is 61.0 Å². The molecule has 1 aliphatic rings. The van der Waals surface area contributed by atoms with E-state index in [1.165, 1.54) is 50.5 Å². The predicted octanol–water partition coefficient (Wildman–Crippen LogP) is 4.40. The van der Waals surface area contributed by atoms with Crippen LogP contribution in [0.25, 0.3) is 0 Å². The Morgan fingerprint density at radius 2 is 2.15 bits per heavy atom. The highest BCUT2D eigenvalue weighted by Crippen LogP contribution is 2.35. The van der Waals surface area contributed by atoms with Crippen LogP contribution >= 0.6 is 11.3 Å². The topological polar surface area (TPSA) is 21.3 Å². The summed E-state index contributed by atoms with van der Waals surface area (Å²) in [7, 11) is 1.91. The minimum absolute atomic E-state index is 0.0729. The molecule has 2 nitrogen and oxygen atoms in total. The molecule has 1 atom stereocenters. The van der Waals surface area contributed by atoms with Gasteiger partial charge in [-0.2, -0.15) is 11.3 Å². The van der Waals surface area contributed by atoms with Crippen molar-refractivity contribution in [1.82, 2.24) is 5.32 Å². The van der Waals surface area contributed by atoms with E-state index in [0.717, 1.165) is 13.0 Å². The summed E-state index contributed by atoms with van der Waals surface area (Å²) in [6.07, 6.45) is 9.97. The van der Waals surface area contributed by atoms with E-state index in [1.807, 2.05) is 7.11 Å². The van der Waals surface area contributed by atoms with Gasteiger partial charge in [0.1, 0.15) is 0 Å². The van der Waals surface area contributed by atoms with Gasteiger partial charge in [0.05, 0.1) is 5.60 Å². The molecule has 1 unspecified atom stereocenters. The second-order valence-electron chi connectivity index (χ2n) is 6.01. The molecule has 1 aromatic rings. The Morgan fingerprint density at radius 3 is 2.75 bits per heavy atom. The number of ether oxygens (including phenoxy) is 1. The Morgan fingerprint density at radius 1 is 1.35 bits per heavy atom. The smallest absolute Gasteiger partial charge is 0.0831 e. The first kappa shape index (κ1) is 16.0. The summed E-state index contributed by atoms with van der Waals surface area (Å²) in [5.41, 5.74) is 1.55. The molecular formula is C17H29NOS. The lowest BCUT2D eigenvalue weighted by Gasteiger charge is -2.43. The maximum absolute atomic E-state index is 6.05. The average molecular weight is 295 g/mol. The average Bonchev–Trinajstić information content (AvgIpc) is 3.01. The third-order valence-electron chi connectivity index (χ3n) is 4.68. The van der Waals surface area contributed by atoms with Gasteiger partial charge in [0.2, 0.25) is 0 Å². The Balaban J connectivity index is 2.00. The molecule has 2 rings (SSSR count). The number of nitrogens with one attached hydrogen (secondary N) is 1. The molecule has 1 aromatic heterocycles. The number of methoxy groups -OCH3 is 1. The zero-order chi connectivity index (χ0) is 14.3. The fourth-order valence-electron chi connectivity index (χ4n) is 3.46. The molecule has 0 spiro atoms. The number of thiophene rings is 1. The molecule has 1 fully saturated rings. The van der Waals surface area contributed by atoms with Crippen LogP contribution in [0.4, 0.5) is 0 Å². The largest absolute Gasteiger partial charge is 0.377 e. The minimum atomic E-state index is 0.0729. The first-order valence-electron chi connectivity index (χ1n) is 8.10. The molecule has 0 amide bonds. The predicted molar refractivity (Wildman–Crippen MR) is 87.5 cm³/mol. The van der Waals surface area contributed by atoms with Gasteiger partial charge in [-0.15, -0.1) is 0 Å². The lowest BCUT2D eigenvalue weighted by Crippen LogP contribution is -2.53. The molecule has 1 N–H and O–H groups in total. The Labute approximate surface area is 127 Å². The van der Waals surface area contributed by atoms with Crippen LogP contribution in [0.1, 0.15) is 57.4 Å². The van der Waals surface area contributed by atoms with Gasteiger partial charge in [-0.25, -0.2) is 0 Å². The van der Waals surface area contributed by atoms with E-state index in [-0.39, 0.29) is 5.60 Å². The van der Waals surface area contributed by atoms with Crippen LogP contribution in [0.3, 0.4) is 0 Å². The van der Waals surface area contributed by atoms with E-state index in [2.05, 4.69) is 29.1 Å². The zero-order valence-corrected chi connectivity index (χ0v) is 13.8. The van der Waals surface area contributed by atoms with Crippen molar-refractivity contribution in [2.45, 2.75) is 69.9 Å². The van der Waals surface area contributed by atoms with Crippen LogP contribution < -0.4 is 5.32 Å². The number of hydrogen-bond donors (Lipinski definition) is 1. The lowest BCUT2D eigenvalue weighted by molar-refractivity contribution is -0.0691. The van der Waals surface area contributed by atoms with E-state index in [1.54, 1.807) is 11.3 Å². The molecule has 0 aromatic carbocycles. The summed E-state index contributed by atoms with van der Waals surface area (Å²) in [5.74, 6) is 0. The van der Waals surface area contributed by atoms with E-state index >= 15 is 0 Å². The van der Waals surface area contributed by atoms with E-state index in [9.17, 15) is 0 Å². The molecule has 114 valence electrons. The summed E-state index contributed by atoms with van der Waals surface area (Å²) in [6, 6.07) is 2.75. The molecular weight excluding hydrogens is 266 g/mol. The molecule has 1 saturated carbocycles. The Hall–Kier alpha value is -0.380. The fraction of sp³-hybridized carbons (Fsp3) is 0.765. The third kappa shape index (κ3) is 4.06. The summed E-state index contributed by atoms with van der Waals surface area (Å²) >= 11 is 1.80. The van der Waals surface area contributed by atoms with Crippen molar-refractivity contribution in [2.24, 2.45) is 0 Å². The van der Waals surface area contributed by atoms with E-state index in [4.69, 9.17) is 4.74 Å². The van der Waals surface area contributed by atoms with Gasteiger partial charge >= 0.3 is 0 Å². The first-order valence-corrected chi connectivity index (χ1v) is 9.04. The van der Waals surface area contributed by atoms with Gasteiger partial charge in [-0.3, -0.25) is 0 Å². The van der Waals surface area contributed by atoms with Gasteiger partial charge in [0.15, 0.2) is 0 Å². The standard InChI is InChI=1S/C17H29NOS/c1-3-12-18-16(8-7-15-9-13-20-14-15)17(19-2)10-5-4-6-11-17/h9,13-14,16,18H,3-8,10-12H2,1-2H3. The first-order chi connectivity index (χ1) is 9.80. The quantitative estimate of drug-likeness (QED) is 0.767. The maximum Gasteiger partial charge on any atom is 0.0831 e. The Kier molecular flexibility index (Phi) is 6.53. The zero-order valence-electron chi connectivity index (χ0n) is 13.0. The number of hydrogen-bond acceptors (Lipinski definition) is 3. The van der Waals surface area contributed by atoms with Gasteiger partial charge in [-0.1, -0.05) is 26.2 Å². The van der Waals surface area contributed by atoms with Crippen LogP contribution in [0, 0.1) is 0 Å². The van der Waals surface area contributed by atoms with Crippen molar-refractivity contribution in [3.8, 4) is 0 Å². The van der Waals surface area contributed by atoms with Gasteiger partial charge < -0.3 is 10.1 Å². The van der Waals surface area contributed by atoms with Gasteiger partial charge in [0.25, 0.3) is 0 Å². The van der Waals surface area contributed by atoms with Gasteiger partial charge in [0, 0.05) is 13.2 Å². The van der Waals surface area contributed by atoms with E-state index in [0.29, 0.717) is 6.04 Å². The Bertz CT molecular complexity index is 357. The van der Waals surface area contributed by atoms with E-state index < -0.39 is 0 Å². The van der Waals surface area contributed by atoms with Crippen LogP contribution in [-0.4, -0.2) is 25.3 Å². The summed E-state index contributed by atoms with van der Waals surface area (Å²) in [6.45, 7) is 3.34. The van der Waals surface area contributed by atoms with Crippen molar-refractivity contribution >= 4 is 11.3 Å². The second-order valence-corrected chi connectivity index (χ2v) is 6.79. The molecule has 0 saturated heterocycles. The summed E-state index contributed by atoms with van der Waals surface area (Å²) in [5, 5.41) is 8.22. The second kappa shape index (κ2) is 8.16. The highest BCUT2D eigenvalue weighted by Gasteiger charge is 2.39. The lowest BCUT2D eigenvalue weighted by atomic mass is 9.77. The van der Waals surface area contributed by atoms with Crippen LogP contribution in [0.2, 0.25) is 0 Å². The monoisotopic (exact) mass is 295 g/mol. The SMILES string of the molecule is CCCNC(CCc1ccsc1)C1(OC)CCCCC1. The molecule has 20 heavy (non-hydrogen) atoms. The number of aryl methyl sites for hydroxylation is 1. The fourth-order valence-corrected chi connectivity index (χ4v) is 4.16. The third-order valence-corrected chi connectivity index (χ3v) is 5.42. The molecule has 0 bridgehead atoms. The normalized spacial score (nSPS) is 19.9. The molecule has 3 heteroatoms. The molecule has 1 heterocycles. The van der Waals surface area contributed by atoms with Crippen molar-refractivity contribution in [3.05, 3.63) is 22.4 Å². The number of rotatable bonds is 8. The van der Waals surface area contributed by atoms with Crippen LogP contribution in [-0.2, 0) is 11.2 Å². The van der Waals surface area contributed by atoms with Crippen LogP contribution in [0.5, 0.6) is 0 Å². The highest BCUT2D eigenvalue weighted by molar-refractivity contribution is 7.07. The molecule has 0 radical (unpaired) electrons. The summed E-state index contributed by atoms with van der Waals surface area (Å²) < 4.78 is 6.05. The highest BCUT2D eigenvalue weighted by atomic mass is 32.1. The van der Waals surface area contributed by atoms with Crippen molar-refractivity contribution < 1.29 is 4.74 Å². The van der Waals surface area contributed by atoms with Crippen molar-refractivity contribution in [1.29, 1.82) is 0 Å². The maximum atomic E-state index is 6.05. The van der Waals surface area contributed by atoms with Crippen molar-refractivity contribution in [2.75, 3.05) is 13.7 Å². The summed E-state index contributed by atoms with van der Waals surface area (Å²) in [4.78, 5) is 0. The molecule has 0 aliphatic heterocycles. The minimum Gasteiger partial charge on any atom is -0.377 e. The molecule has 1 aliphatic carbocycles.